The molecule has 6 aromatic carbocycles. The van der Waals surface area contributed by atoms with E-state index in [2.05, 4.69) is 136 Å². The monoisotopic (exact) mass is 739 g/mol. The third-order valence-electron chi connectivity index (χ3n) is 13.6. The number of ether oxygens (including phenoxy) is 4. The summed E-state index contributed by atoms with van der Waals surface area (Å²) in [4.78, 5) is 2.41. The number of anilines is 1. The Morgan fingerprint density at radius 2 is 1.36 bits per heavy atom. The Kier molecular flexibility index (Phi) is 7.96. The second-order valence-corrected chi connectivity index (χ2v) is 16.3. The minimum absolute atomic E-state index is 0.163. The Hall–Kier alpha value is -5.52. The zero-order valence-corrected chi connectivity index (χ0v) is 33.3. The summed E-state index contributed by atoms with van der Waals surface area (Å²) in [6, 6.07) is 37.9. The number of fused-ring (bicyclic) bond motifs is 11. The number of hydrogen-bond donors (Lipinski definition) is 0. The Labute approximate surface area is 330 Å². The van der Waals surface area contributed by atoms with Crippen molar-refractivity contribution in [3.05, 3.63) is 148 Å². The van der Waals surface area contributed by atoms with Gasteiger partial charge in [-0.25, -0.2) is 0 Å². The van der Waals surface area contributed by atoms with Crippen molar-refractivity contribution >= 4 is 22.5 Å². The highest BCUT2D eigenvalue weighted by atomic mass is 16.5. The number of nitrogens with zero attached hydrogens (tertiary/aromatic N) is 1. The van der Waals surface area contributed by atoms with Crippen molar-refractivity contribution < 1.29 is 18.9 Å². The summed E-state index contributed by atoms with van der Waals surface area (Å²) in [5.74, 6) is 2.55. The van der Waals surface area contributed by atoms with E-state index in [9.17, 15) is 0 Å². The van der Waals surface area contributed by atoms with Crippen molar-refractivity contribution in [1.29, 1.82) is 0 Å². The predicted octanol–water partition coefficient (Wildman–Crippen LogP) is 11.4. The molecule has 0 aromatic heterocycles. The molecule has 2 aliphatic carbocycles. The van der Waals surface area contributed by atoms with Gasteiger partial charge in [-0.1, -0.05) is 107 Å². The quantitative estimate of drug-likeness (QED) is 0.163. The summed E-state index contributed by atoms with van der Waals surface area (Å²) in [5, 5.41) is 2.25. The number of benzene rings is 6. The molecular weight excluding hydrogens is 691 g/mol. The van der Waals surface area contributed by atoms with Crippen molar-refractivity contribution in [1.82, 2.24) is 0 Å². The zero-order valence-electron chi connectivity index (χ0n) is 33.3. The molecular formula is C51H49NO4. The molecule has 0 saturated carbocycles. The molecule has 1 saturated heterocycles. The average molecular weight is 740 g/mol. The van der Waals surface area contributed by atoms with Crippen LogP contribution in [0.15, 0.2) is 109 Å². The van der Waals surface area contributed by atoms with Gasteiger partial charge >= 0.3 is 0 Å². The molecule has 4 aliphatic rings. The molecule has 2 aliphatic heterocycles. The zero-order chi connectivity index (χ0) is 38.4. The van der Waals surface area contributed by atoms with E-state index in [1.807, 2.05) is 12.1 Å². The number of morpholine rings is 1. The number of methoxy groups -OCH3 is 2. The van der Waals surface area contributed by atoms with Crippen LogP contribution in [0.4, 0.5) is 5.69 Å². The van der Waals surface area contributed by atoms with Crippen LogP contribution in [-0.4, -0.2) is 40.5 Å². The molecule has 0 N–H and O–H groups in total. The van der Waals surface area contributed by atoms with Crippen LogP contribution in [0.5, 0.6) is 17.2 Å². The lowest BCUT2D eigenvalue weighted by Crippen LogP contribution is -2.36. The van der Waals surface area contributed by atoms with E-state index < -0.39 is 5.60 Å². The van der Waals surface area contributed by atoms with Crippen molar-refractivity contribution in [3.8, 4) is 39.5 Å². The van der Waals surface area contributed by atoms with Gasteiger partial charge in [0.2, 0.25) is 0 Å². The lowest BCUT2D eigenvalue weighted by Gasteiger charge is -2.40. The van der Waals surface area contributed by atoms with Gasteiger partial charge in [0.1, 0.15) is 17.2 Å². The lowest BCUT2D eigenvalue weighted by molar-refractivity contribution is 0.122. The van der Waals surface area contributed by atoms with Gasteiger partial charge in [-0.05, 0) is 99.1 Å². The normalized spacial score (nSPS) is 19.4. The topological polar surface area (TPSA) is 40.2 Å². The van der Waals surface area contributed by atoms with Crippen LogP contribution in [0.3, 0.4) is 0 Å². The van der Waals surface area contributed by atoms with Crippen LogP contribution < -0.4 is 19.1 Å². The fraction of sp³-hybridized carbons (Fsp3) is 0.294. The number of hydrogen-bond acceptors (Lipinski definition) is 5. The average Bonchev–Trinajstić information content (AvgIpc) is 3.68. The molecule has 0 spiro atoms. The van der Waals surface area contributed by atoms with Gasteiger partial charge in [0.25, 0.3) is 0 Å². The van der Waals surface area contributed by atoms with E-state index in [1.54, 1.807) is 14.2 Å². The maximum Gasteiger partial charge on any atom is 0.178 e. The van der Waals surface area contributed by atoms with Crippen LogP contribution in [0.2, 0.25) is 0 Å². The van der Waals surface area contributed by atoms with Gasteiger partial charge in [-0.15, -0.1) is 0 Å². The lowest BCUT2D eigenvalue weighted by atomic mass is 9.71. The van der Waals surface area contributed by atoms with Crippen LogP contribution in [0, 0.1) is 0 Å². The molecule has 0 amide bonds. The molecule has 1 fully saturated rings. The van der Waals surface area contributed by atoms with Gasteiger partial charge in [0.15, 0.2) is 5.60 Å². The fourth-order valence-corrected chi connectivity index (χ4v) is 10.6. The molecule has 0 bridgehead atoms. The molecule has 2 heterocycles. The molecule has 5 nitrogen and oxygen atoms in total. The van der Waals surface area contributed by atoms with Crippen molar-refractivity contribution in [2.24, 2.45) is 0 Å². The first-order valence-corrected chi connectivity index (χ1v) is 20.2. The first-order valence-electron chi connectivity index (χ1n) is 20.2. The van der Waals surface area contributed by atoms with Crippen LogP contribution in [-0.2, 0) is 21.2 Å². The van der Waals surface area contributed by atoms with Gasteiger partial charge in [-0.2, -0.15) is 0 Å². The SMILES string of the molecule is CCC1(CC)c2ccccc2-c2c1c1c(c3cc(OC)c(N4CCOCC4)cc23)OC(c2ccc(OC)cc2)(c2ccc3c(c2)C(C)(C)c2ccccc2-3)C=C1. The standard InChI is InChI=1S/C51H49NO4/c1-7-50(8-2)42-16-12-10-14-37(42)46-39-30-44(52-25-27-55-28-26-52)45(54-6)31-40(39)48-38(47(46)50)23-24-51(56-48,32-17-20-34(53-5)21-18-32)33-19-22-36-35-13-9-11-15-41(35)49(3,4)43(36)29-33/h9-24,29-31H,7-8,25-28H2,1-6H3. The van der Waals surface area contributed by atoms with Crippen molar-refractivity contribution in [3.63, 3.8) is 0 Å². The molecule has 0 radical (unpaired) electrons. The van der Waals surface area contributed by atoms with Crippen LogP contribution in [0.1, 0.15) is 79.5 Å². The smallest absolute Gasteiger partial charge is 0.178 e. The largest absolute Gasteiger partial charge is 0.497 e. The van der Waals surface area contributed by atoms with Gasteiger partial charge in [-0.3, -0.25) is 0 Å². The summed E-state index contributed by atoms with van der Waals surface area (Å²) in [6.45, 7) is 12.4. The number of rotatable bonds is 7. The minimum atomic E-state index is -0.928. The first-order chi connectivity index (χ1) is 27.3. The Balaban J connectivity index is 1.28. The highest BCUT2D eigenvalue weighted by Gasteiger charge is 2.48. The third-order valence-corrected chi connectivity index (χ3v) is 13.6. The van der Waals surface area contributed by atoms with E-state index in [4.69, 9.17) is 18.9 Å². The summed E-state index contributed by atoms with van der Waals surface area (Å²) in [7, 11) is 3.50. The van der Waals surface area contributed by atoms with Gasteiger partial charge < -0.3 is 23.8 Å². The Morgan fingerprint density at radius 3 is 2.07 bits per heavy atom. The molecule has 10 rings (SSSR count). The van der Waals surface area contributed by atoms with Gasteiger partial charge in [0.05, 0.1) is 33.1 Å². The molecule has 1 unspecified atom stereocenters. The fourth-order valence-electron chi connectivity index (χ4n) is 10.6. The van der Waals surface area contributed by atoms with E-state index in [1.165, 1.54) is 49.9 Å². The predicted molar refractivity (Wildman–Crippen MR) is 228 cm³/mol. The summed E-state index contributed by atoms with van der Waals surface area (Å²) in [6.07, 6.45) is 6.66. The molecule has 5 heteroatoms. The van der Waals surface area contributed by atoms with Crippen LogP contribution in [0.25, 0.3) is 39.1 Å². The summed E-state index contributed by atoms with van der Waals surface area (Å²) in [5.41, 5.74) is 13.8. The van der Waals surface area contributed by atoms with Crippen molar-refractivity contribution in [2.75, 3.05) is 45.4 Å². The van der Waals surface area contributed by atoms with Crippen LogP contribution >= 0.6 is 0 Å². The molecule has 6 aromatic rings. The summed E-state index contributed by atoms with van der Waals surface area (Å²) < 4.78 is 25.6. The van der Waals surface area contributed by atoms with Crippen molar-refractivity contribution in [2.45, 2.75) is 57.0 Å². The van der Waals surface area contributed by atoms with Gasteiger partial charge in [0, 0.05) is 46.0 Å². The third kappa shape index (κ3) is 4.70. The maximum absolute atomic E-state index is 7.86. The molecule has 56 heavy (non-hydrogen) atoms. The second-order valence-electron chi connectivity index (χ2n) is 16.3. The van der Waals surface area contributed by atoms with E-state index in [0.29, 0.717) is 13.2 Å². The highest BCUT2D eigenvalue weighted by Crippen LogP contribution is 2.61. The van der Waals surface area contributed by atoms with E-state index >= 15 is 0 Å². The molecule has 282 valence electrons. The first kappa shape index (κ1) is 34.9. The van der Waals surface area contributed by atoms with E-state index in [0.717, 1.165) is 70.9 Å². The summed E-state index contributed by atoms with van der Waals surface area (Å²) >= 11 is 0. The van der Waals surface area contributed by atoms with E-state index in [-0.39, 0.29) is 10.8 Å². The maximum atomic E-state index is 7.86. The molecule has 1 atom stereocenters. The Morgan fingerprint density at radius 1 is 0.679 bits per heavy atom. The second kappa shape index (κ2) is 12.8. The minimum Gasteiger partial charge on any atom is -0.497 e. The Bertz CT molecular complexity index is 2570. The highest BCUT2D eigenvalue weighted by molar-refractivity contribution is 6.10.